The Labute approximate surface area is 158 Å². The normalized spacial score (nSPS) is 18.6. The van der Waals surface area contributed by atoms with Gasteiger partial charge in [0, 0.05) is 0 Å². The number of aliphatic imine (C=N–C) groups is 1. The summed E-state index contributed by atoms with van der Waals surface area (Å²) in [6.07, 6.45) is 0.732. The average Bonchev–Trinajstić information content (AvgIpc) is 3.08. The summed E-state index contributed by atoms with van der Waals surface area (Å²) in [6.45, 7) is 9.12. The fourth-order valence-electron chi connectivity index (χ4n) is 2.84. The number of benzene rings is 1. The van der Waals surface area contributed by atoms with Gasteiger partial charge in [0.15, 0.2) is 6.10 Å². The number of hydrogen-bond donors (Lipinski definition) is 2. The number of nitrogens with one attached hydrogen (secondary N) is 1. The van der Waals surface area contributed by atoms with E-state index in [0.29, 0.717) is 23.0 Å². The van der Waals surface area contributed by atoms with Crippen LogP contribution in [0.4, 0.5) is 10.5 Å². The van der Waals surface area contributed by atoms with Crippen molar-refractivity contribution in [1.29, 1.82) is 0 Å². The lowest BCUT2D eigenvalue weighted by Crippen LogP contribution is -2.46. The van der Waals surface area contributed by atoms with Gasteiger partial charge >= 0.3 is 6.09 Å². The van der Waals surface area contributed by atoms with Crippen molar-refractivity contribution in [3.05, 3.63) is 47.9 Å². The standard InChI is InChI=1S/C20H25N3O4/c1-12-17(21)22-14-11-13(8-9-15(14)26-12)20(5,16-7-6-10-25-16)23-18(24)27-19(2,3)4/h6-12H,1-5H3,(H2,21,22)(H,23,24). The van der Waals surface area contributed by atoms with Crippen molar-refractivity contribution in [1.82, 2.24) is 5.32 Å². The lowest BCUT2D eigenvalue weighted by molar-refractivity contribution is 0.0469. The highest BCUT2D eigenvalue weighted by Crippen LogP contribution is 2.38. The van der Waals surface area contributed by atoms with Gasteiger partial charge < -0.3 is 24.9 Å². The smallest absolute Gasteiger partial charge is 0.408 e. The minimum absolute atomic E-state index is 0.278. The summed E-state index contributed by atoms with van der Waals surface area (Å²) in [5.41, 5.74) is 5.70. The van der Waals surface area contributed by atoms with Crippen molar-refractivity contribution < 1.29 is 18.7 Å². The number of ether oxygens (including phenoxy) is 2. The molecule has 27 heavy (non-hydrogen) atoms. The molecule has 0 aliphatic carbocycles. The molecule has 0 radical (unpaired) electrons. The first kappa shape index (κ1) is 18.8. The highest BCUT2D eigenvalue weighted by Gasteiger charge is 2.36. The van der Waals surface area contributed by atoms with E-state index in [9.17, 15) is 4.79 Å². The molecule has 144 valence electrons. The Morgan fingerprint density at radius 2 is 2.00 bits per heavy atom. The molecule has 1 aliphatic heterocycles. The molecule has 0 spiro atoms. The maximum atomic E-state index is 12.5. The van der Waals surface area contributed by atoms with Crippen LogP contribution in [-0.4, -0.2) is 23.6 Å². The van der Waals surface area contributed by atoms with Crippen LogP contribution in [-0.2, 0) is 10.3 Å². The van der Waals surface area contributed by atoms with E-state index in [2.05, 4.69) is 10.3 Å². The lowest BCUT2D eigenvalue weighted by atomic mass is 9.89. The number of furan rings is 1. The van der Waals surface area contributed by atoms with Gasteiger partial charge in [-0.15, -0.1) is 0 Å². The Morgan fingerprint density at radius 3 is 2.63 bits per heavy atom. The molecule has 2 unspecified atom stereocenters. The van der Waals surface area contributed by atoms with Crippen molar-refractivity contribution in [3.63, 3.8) is 0 Å². The van der Waals surface area contributed by atoms with Crippen LogP contribution in [0.2, 0.25) is 0 Å². The van der Waals surface area contributed by atoms with E-state index in [1.807, 2.05) is 52.8 Å². The van der Waals surface area contributed by atoms with Crippen LogP contribution < -0.4 is 15.8 Å². The van der Waals surface area contributed by atoms with Gasteiger partial charge in [0.25, 0.3) is 0 Å². The van der Waals surface area contributed by atoms with Crippen molar-refractivity contribution in [2.45, 2.75) is 51.9 Å². The average molecular weight is 371 g/mol. The molecule has 0 saturated heterocycles. The quantitative estimate of drug-likeness (QED) is 0.854. The van der Waals surface area contributed by atoms with Gasteiger partial charge in [-0.2, -0.15) is 0 Å². The Bertz CT molecular complexity index is 868. The maximum absolute atomic E-state index is 12.5. The molecule has 2 heterocycles. The van der Waals surface area contributed by atoms with Crippen molar-refractivity contribution in [2.24, 2.45) is 10.7 Å². The summed E-state index contributed by atoms with van der Waals surface area (Å²) in [6, 6.07) is 9.07. The molecule has 0 saturated carbocycles. The van der Waals surface area contributed by atoms with Crippen LogP contribution in [0.25, 0.3) is 0 Å². The molecule has 1 aliphatic rings. The predicted octanol–water partition coefficient (Wildman–Crippen LogP) is 3.84. The van der Waals surface area contributed by atoms with E-state index in [0.717, 1.165) is 5.56 Å². The highest BCUT2D eigenvalue weighted by atomic mass is 16.6. The first-order valence-electron chi connectivity index (χ1n) is 8.79. The number of nitrogens with two attached hydrogens (primary N) is 1. The van der Waals surface area contributed by atoms with Gasteiger partial charge in [0.05, 0.1) is 6.26 Å². The lowest BCUT2D eigenvalue weighted by Gasteiger charge is -2.32. The SMILES string of the molecule is CC1Oc2ccc(C(C)(NC(=O)OC(C)(C)C)c3ccco3)cc2N=C1N. The molecular weight excluding hydrogens is 346 g/mol. The van der Waals surface area contributed by atoms with Crippen LogP contribution in [0.5, 0.6) is 5.75 Å². The first-order chi connectivity index (χ1) is 12.6. The minimum Gasteiger partial charge on any atom is -0.481 e. The second-order valence-electron chi connectivity index (χ2n) is 7.71. The summed E-state index contributed by atoms with van der Waals surface area (Å²) in [4.78, 5) is 16.9. The number of alkyl carbamates (subject to hydrolysis) is 1. The zero-order chi connectivity index (χ0) is 19.8. The molecule has 0 bridgehead atoms. The number of nitrogens with zero attached hydrogens (tertiary/aromatic N) is 1. The van der Waals surface area contributed by atoms with Crippen molar-refractivity contribution in [2.75, 3.05) is 0 Å². The molecular formula is C20H25N3O4. The Balaban J connectivity index is 2.01. The molecule has 0 fully saturated rings. The van der Waals surface area contributed by atoms with E-state index in [1.165, 1.54) is 0 Å². The van der Waals surface area contributed by atoms with Crippen LogP contribution in [0.3, 0.4) is 0 Å². The molecule has 1 amide bonds. The third-order valence-corrected chi connectivity index (χ3v) is 4.27. The number of amidine groups is 1. The van der Waals surface area contributed by atoms with E-state index < -0.39 is 17.2 Å². The van der Waals surface area contributed by atoms with E-state index >= 15 is 0 Å². The molecule has 2 aromatic rings. The van der Waals surface area contributed by atoms with Crippen molar-refractivity contribution >= 4 is 17.6 Å². The predicted molar refractivity (Wildman–Crippen MR) is 102 cm³/mol. The van der Waals surface area contributed by atoms with Crippen LogP contribution >= 0.6 is 0 Å². The van der Waals surface area contributed by atoms with E-state index in [-0.39, 0.29) is 6.10 Å². The van der Waals surface area contributed by atoms with Crippen LogP contribution in [0.15, 0.2) is 46.0 Å². The number of rotatable bonds is 3. The van der Waals surface area contributed by atoms with Gasteiger partial charge in [-0.1, -0.05) is 6.07 Å². The third kappa shape index (κ3) is 3.92. The maximum Gasteiger partial charge on any atom is 0.408 e. The van der Waals surface area contributed by atoms with E-state index in [4.69, 9.17) is 19.6 Å². The zero-order valence-corrected chi connectivity index (χ0v) is 16.2. The molecule has 3 rings (SSSR count). The van der Waals surface area contributed by atoms with Gasteiger partial charge in [-0.25, -0.2) is 9.79 Å². The summed E-state index contributed by atoms with van der Waals surface area (Å²) in [5, 5.41) is 2.92. The summed E-state index contributed by atoms with van der Waals surface area (Å²) in [5.74, 6) is 1.61. The molecule has 7 nitrogen and oxygen atoms in total. The summed E-state index contributed by atoms with van der Waals surface area (Å²) in [7, 11) is 0. The van der Waals surface area contributed by atoms with Gasteiger partial charge in [-0.05, 0) is 64.4 Å². The second kappa shape index (κ2) is 6.64. The highest BCUT2D eigenvalue weighted by molar-refractivity contribution is 5.89. The largest absolute Gasteiger partial charge is 0.481 e. The molecule has 1 aromatic carbocycles. The number of carbonyl (C=O) groups excluding carboxylic acids is 1. The summed E-state index contributed by atoms with van der Waals surface area (Å²) < 4.78 is 16.8. The number of hydrogen-bond acceptors (Lipinski definition) is 6. The molecule has 2 atom stereocenters. The van der Waals surface area contributed by atoms with Crippen LogP contribution in [0, 0.1) is 0 Å². The summed E-state index contributed by atoms with van der Waals surface area (Å²) >= 11 is 0. The fraction of sp³-hybridized carbons (Fsp3) is 0.400. The van der Waals surface area contributed by atoms with Gasteiger partial charge in [0.1, 0.15) is 34.2 Å². The Kier molecular flexibility index (Phi) is 4.63. The fourth-order valence-corrected chi connectivity index (χ4v) is 2.84. The first-order valence-corrected chi connectivity index (χ1v) is 8.79. The molecule has 7 heteroatoms. The monoisotopic (exact) mass is 371 g/mol. The van der Waals surface area contributed by atoms with Crippen molar-refractivity contribution in [3.8, 4) is 5.75 Å². The minimum atomic E-state index is -0.964. The topological polar surface area (TPSA) is 99.1 Å². The Hall–Kier alpha value is -2.96. The number of carbonyl (C=O) groups is 1. The molecule has 3 N–H and O–H groups in total. The van der Waals surface area contributed by atoms with Gasteiger partial charge in [0.2, 0.25) is 0 Å². The Morgan fingerprint density at radius 1 is 1.26 bits per heavy atom. The molecule has 1 aromatic heterocycles. The second-order valence-corrected chi connectivity index (χ2v) is 7.71. The van der Waals surface area contributed by atoms with Gasteiger partial charge in [-0.3, -0.25) is 0 Å². The number of amides is 1. The van der Waals surface area contributed by atoms with Crippen LogP contribution in [0.1, 0.15) is 45.9 Å². The number of fused-ring (bicyclic) bond motifs is 1. The third-order valence-electron chi connectivity index (χ3n) is 4.27. The van der Waals surface area contributed by atoms with E-state index in [1.54, 1.807) is 18.4 Å². The zero-order valence-electron chi connectivity index (χ0n) is 16.2.